The maximum atomic E-state index is 9.55. The first-order valence-corrected chi connectivity index (χ1v) is 10.9. The van der Waals surface area contributed by atoms with Gasteiger partial charge in [0, 0.05) is 44.1 Å². The van der Waals surface area contributed by atoms with E-state index in [2.05, 4.69) is 25.1 Å². The van der Waals surface area contributed by atoms with E-state index < -0.39 is 0 Å². The zero-order valence-electron chi connectivity index (χ0n) is 18.3. The van der Waals surface area contributed by atoms with E-state index in [0.29, 0.717) is 22.9 Å². The van der Waals surface area contributed by atoms with Gasteiger partial charge in [0.1, 0.15) is 12.1 Å². The van der Waals surface area contributed by atoms with E-state index in [1.54, 1.807) is 30.9 Å². The van der Waals surface area contributed by atoms with Crippen molar-refractivity contribution in [1.29, 1.82) is 0 Å². The fourth-order valence-corrected chi connectivity index (χ4v) is 3.92. The van der Waals surface area contributed by atoms with Crippen LogP contribution in [-0.4, -0.2) is 73.5 Å². The Morgan fingerprint density at radius 2 is 1.76 bits per heavy atom. The molecule has 4 heterocycles. The number of anilines is 3. The number of piperazine rings is 1. The number of benzene rings is 1. The molecule has 10 heteroatoms. The molecule has 0 bridgehead atoms. The highest BCUT2D eigenvalue weighted by molar-refractivity contribution is 5.85. The van der Waals surface area contributed by atoms with E-state index in [4.69, 9.17) is 9.97 Å². The molecular formula is C23H26N8O2. The minimum Gasteiger partial charge on any atom is -0.508 e. The number of rotatable bonds is 6. The summed E-state index contributed by atoms with van der Waals surface area (Å²) in [6, 6.07) is 10.9. The summed E-state index contributed by atoms with van der Waals surface area (Å²) in [5.41, 5.74) is 3.27. The Morgan fingerprint density at radius 3 is 2.45 bits per heavy atom. The first-order chi connectivity index (χ1) is 16.1. The van der Waals surface area contributed by atoms with Gasteiger partial charge in [0.15, 0.2) is 17.0 Å². The lowest BCUT2D eigenvalue weighted by Gasteiger charge is -2.36. The Bertz CT molecular complexity index is 1220. The van der Waals surface area contributed by atoms with Crippen LogP contribution >= 0.6 is 0 Å². The van der Waals surface area contributed by atoms with Gasteiger partial charge in [-0.25, -0.2) is 4.98 Å². The predicted octanol–water partition coefficient (Wildman–Crippen LogP) is 2.04. The summed E-state index contributed by atoms with van der Waals surface area (Å²) >= 11 is 0. The Labute approximate surface area is 191 Å². The highest BCUT2D eigenvalue weighted by atomic mass is 16.3. The Hall–Kier alpha value is -3.92. The molecule has 3 aromatic heterocycles. The maximum Gasteiger partial charge on any atom is 0.229 e. The molecule has 10 nitrogen and oxygen atoms in total. The minimum atomic E-state index is -0.175. The molecule has 170 valence electrons. The number of fused-ring (bicyclic) bond motifs is 1. The summed E-state index contributed by atoms with van der Waals surface area (Å²) < 4.78 is 1.90. The number of phenols is 1. The van der Waals surface area contributed by atoms with Crippen molar-refractivity contribution in [3.63, 3.8) is 0 Å². The van der Waals surface area contributed by atoms with Gasteiger partial charge in [-0.3, -0.25) is 9.55 Å². The first kappa shape index (κ1) is 21.0. The van der Waals surface area contributed by atoms with Crippen molar-refractivity contribution < 1.29 is 10.2 Å². The SMILES string of the molecule is CC(CO)Nc1nc(N2CCN(c3ccc(O)cc3)CC2)nc2c1ncn2-c1cccnc1. The van der Waals surface area contributed by atoms with Gasteiger partial charge in [-0.05, 0) is 43.3 Å². The second kappa shape index (κ2) is 8.91. The number of pyridine rings is 1. The van der Waals surface area contributed by atoms with Crippen LogP contribution < -0.4 is 15.1 Å². The second-order valence-electron chi connectivity index (χ2n) is 8.09. The fourth-order valence-electron chi connectivity index (χ4n) is 3.92. The summed E-state index contributed by atoms with van der Waals surface area (Å²) in [6.07, 6.45) is 5.22. The van der Waals surface area contributed by atoms with Crippen LogP contribution in [0.15, 0.2) is 55.1 Å². The van der Waals surface area contributed by atoms with Crippen LogP contribution in [0.25, 0.3) is 16.9 Å². The van der Waals surface area contributed by atoms with Gasteiger partial charge < -0.3 is 25.3 Å². The Morgan fingerprint density at radius 1 is 1.00 bits per heavy atom. The summed E-state index contributed by atoms with van der Waals surface area (Å²) in [7, 11) is 0. The largest absolute Gasteiger partial charge is 0.508 e. The van der Waals surface area contributed by atoms with Crippen molar-refractivity contribution in [2.75, 3.05) is 47.9 Å². The normalized spacial score (nSPS) is 15.1. The quantitative estimate of drug-likeness (QED) is 0.409. The lowest BCUT2D eigenvalue weighted by atomic mass is 10.2. The van der Waals surface area contributed by atoms with Gasteiger partial charge in [0.2, 0.25) is 5.95 Å². The van der Waals surface area contributed by atoms with Crippen LogP contribution in [-0.2, 0) is 0 Å². The van der Waals surface area contributed by atoms with Gasteiger partial charge in [0.25, 0.3) is 0 Å². The minimum absolute atomic E-state index is 0.0184. The van der Waals surface area contributed by atoms with Gasteiger partial charge in [-0.1, -0.05) is 0 Å². The van der Waals surface area contributed by atoms with Crippen molar-refractivity contribution in [3.05, 3.63) is 55.1 Å². The number of aromatic nitrogens is 5. The third kappa shape index (κ3) is 4.24. The number of hydrogen-bond acceptors (Lipinski definition) is 9. The summed E-state index contributed by atoms with van der Waals surface area (Å²) in [6.45, 7) is 5.00. The first-order valence-electron chi connectivity index (χ1n) is 10.9. The second-order valence-corrected chi connectivity index (χ2v) is 8.09. The number of phenolic OH excluding ortho intramolecular Hbond substituents is 1. The molecule has 33 heavy (non-hydrogen) atoms. The molecule has 1 atom stereocenters. The van der Waals surface area contributed by atoms with Crippen molar-refractivity contribution in [2.24, 2.45) is 0 Å². The van der Waals surface area contributed by atoms with Crippen molar-refractivity contribution in [1.82, 2.24) is 24.5 Å². The maximum absolute atomic E-state index is 9.55. The molecule has 3 N–H and O–H groups in total. The van der Waals surface area contributed by atoms with Crippen LogP contribution in [0.4, 0.5) is 17.5 Å². The summed E-state index contributed by atoms with van der Waals surface area (Å²) in [5.74, 6) is 1.48. The van der Waals surface area contributed by atoms with Crippen LogP contribution in [0.2, 0.25) is 0 Å². The Kier molecular flexibility index (Phi) is 5.66. The van der Waals surface area contributed by atoms with Crippen LogP contribution in [0.5, 0.6) is 5.75 Å². The highest BCUT2D eigenvalue weighted by Gasteiger charge is 2.23. The highest BCUT2D eigenvalue weighted by Crippen LogP contribution is 2.27. The van der Waals surface area contributed by atoms with Gasteiger partial charge >= 0.3 is 0 Å². The molecule has 1 unspecified atom stereocenters. The lowest BCUT2D eigenvalue weighted by molar-refractivity contribution is 0.281. The molecule has 0 saturated carbocycles. The molecule has 0 amide bonds. The number of hydrogen-bond donors (Lipinski definition) is 3. The average molecular weight is 447 g/mol. The Balaban J connectivity index is 1.46. The number of aliphatic hydroxyl groups is 1. The molecule has 1 saturated heterocycles. The number of imidazole rings is 1. The topological polar surface area (TPSA) is 115 Å². The molecule has 0 aliphatic carbocycles. The average Bonchev–Trinajstić information content (AvgIpc) is 3.29. The molecule has 5 rings (SSSR count). The standard InChI is InChI=1S/C23H26N8O2/c1-16(14-32)26-21-20-22(31(15-25-20)18-3-2-8-24-13-18)28-23(27-21)30-11-9-29(10-12-30)17-4-6-19(33)7-5-17/h2-8,13,15-16,32-33H,9-12,14H2,1H3,(H,26,27,28). The van der Waals surface area contributed by atoms with E-state index in [1.807, 2.05) is 35.8 Å². The van der Waals surface area contributed by atoms with Gasteiger partial charge in [-0.15, -0.1) is 0 Å². The molecule has 1 aromatic carbocycles. The molecule has 0 spiro atoms. The fraction of sp³-hybridized carbons (Fsp3) is 0.304. The van der Waals surface area contributed by atoms with E-state index in [0.717, 1.165) is 37.6 Å². The molecule has 1 aliphatic heterocycles. The van der Waals surface area contributed by atoms with Crippen molar-refractivity contribution >= 4 is 28.6 Å². The lowest BCUT2D eigenvalue weighted by Crippen LogP contribution is -2.47. The molecule has 4 aromatic rings. The van der Waals surface area contributed by atoms with E-state index in [1.165, 1.54) is 0 Å². The third-order valence-corrected chi connectivity index (χ3v) is 5.74. The molecular weight excluding hydrogens is 420 g/mol. The van der Waals surface area contributed by atoms with Crippen molar-refractivity contribution in [2.45, 2.75) is 13.0 Å². The predicted molar refractivity (Wildman–Crippen MR) is 127 cm³/mol. The zero-order chi connectivity index (χ0) is 22.8. The number of nitrogens with one attached hydrogen (secondary N) is 1. The summed E-state index contributed by atoms with van der Waals surface area (Å²) in [5, 5.41) is 22.4. The van der Waals surface area contributed by atoms with Crippen LogP contribution in [0.1, 0.15) is 6.92 Å². The van der Waals surface area contributed by atoms with Crippen LogP contribution in [0.3, 0.4) is 0 Å². The van der Waals surface area contributed by atoms with Crippen molar-refractivity contribution in [3.8, 4) is 11.4 Å². The van der Waals surface area contributed by atoms with Gasteiger partial charge in [0.05, 0.1) is 18.5 Å². The molecule has 0 radical (unpaired) electrons. The van der Waals surface area contributed by atoms with Crippen LogP contribution in [0, 0.1) is 0 Å². The zero-order valence-corrected chi connectivity index (χ0v) is 18.3. The third-order valence-electron chi connectivity index (χ3n) is 5.74. The van der Waals surface area contributed by atoms with Gasteiger partial charge in [-0.2, -0.15) is 9.97 Å². The monoisotopic (exact) mass is 446 g/mol. The number of aliphatic hydroxyl groups excluding tert-OH is 1. The molecule has 1 fully saturated rings. The smallest absolute Gasteiger partial charge is 0.229 e. The van der Waals surface area contributed by atoms with E-state index in [-0.39, 0.29) is 18.4 Å². The molecule has 1 aliphatic rings. The summed E-state index contributed by atoms with van der Waals surface area (Å²) in [4.78, 5) is 22.8. The number of nitrogens with zero attached hydrogens (tertiary/aromatic N) is 7. The number of aromatic hydroxyl groups is 1. The van der Waals surface area contributed by atoms with E-state index in [9.17, 15) is 10.2 Å². The van der Waals surface area contributed by atoms with E-state index >= 15 is 0 Å².